The van der Waals surface area contributed by atoms with Crippen molar-refractivity contribution in [1.82, 2.24) is 10.3 Å². The number of methoxy groups -OCH3 is 1. The SMILES string of the molecule is COCCN(C)c1ccc(CNCC2(c3ccc(F)cc3)CC2)cn1. The molecule has 0 saturated heterocycles. The summed E-state index contributed by atoms with van der Waals surface area (Å²) in [5, 5.41) is 3.53. The minimum Gasteiger partial charge on any atom is -0.383 e. The summed E-state index contributed by atoms with van der Waals surface area (Å²) in [5.41, 5.74) is 2.58. The standard InChI is InChI=1S/C20H26FN3O/c1-24(11-12-25-2)19-8-3-16(14-23-19)13-22-15-20(9-10-20)17-4-6-18(21)7-5-17/h3-8,14,22H,9-13,15H2,1-2H3. The average Bonchev–Trinajstić information content (AvgIpc) is 3.42. The van der Waals surface area contributed by atoms with Gasteiger partial charge >= 0.3 is 0 Å². The van der Waals surface area contributed by atoms with E-state index in [9.17, 15) is 4.39 Å². The largest absolute Gasteiger partial charge is 0.383 e. The number of halogens is 1. The number of nitrogens with zero attached hydrogens (tertiary/aromatic N) is 2. The Hall–Kier alpha value is -1.98. The van der Waals surface area contributed by atoms with E-state index in [1.165, 1.54) is 11.1 Å². The smallest absolute Gasteiger partial charge is 0.128 e. The highest BCUT2D eigenvalue weighted by molar-refractivity contribution is 5.38. The van der Waals surface area contributed by atoms with Crippen molar-refractivity contribution in [1.29, 1.82) is 0 Å². The lowest BCUT2D eigenvalue weighted by molar-refractivity contribution is 0.206. The number of nitrogens with one attached hydrogen (secondary N) is 1. The highest BCUT2D eigenvalue weighted by Crippen LogP contribution is 2.47. The first kappa shape index (κ1) is 17.8. The van der Waals surface area contributed by atoms with Crippen LogP contribution < -0.4 is 10.2 Å². The topological polar surface area (TPSA) is 37.4 Å². The maximum atomic E-state index is 13.1. The summed E-state index contributed by atoms with van der Waals surface area (Å²) in [6, 6.07) is 11.1. The Labute approximate surface area is 149 Å². The Morgan fingerprint density at radius 3 is 2.56 bits per heavy atom. The lowest BCUT2D eigenvalue weighted by atomic mass is 9.96. The van der Waals surface area contributed by atoms with Gasteiger partial charge in [-0.1, -0.05) is 18.2 Å². The molecule has 1 aromatic heterocycles. The number of hydrogen-bond acceptors (Lipinski definition) is 4. The molecular formula is C20H26FN3O. The molecule has 1 aliphatic carbocycles. The number of hydrogen-bond donors (Lipinski definition) is 1. The third kappa shape index (κ3) is 4.55. The molecule has 3 rings (SSSR count). The van der Waals surface area contributed by atoms with Crippen LogP contribution in [0.15, 0.2) is 42.6 Å². The second-order valence-electron chi connectivity index (χ2n) is 6.83. The van der Waals surface area contributed by atoms with Crippen LogP contribution in [0.5, 0.6) is 0 Å². The molecule has 1 saturated carbocycles. The van der Waals surface area contributed by atoms with Crippen molar-refractivity contribution in [2.24, 2.45) is 0 Å². The van der Waals surface area contributed by atoms with Gasteiger partial charge in [0.1, 0.15) is 11.6 Å². The Kier molecular flexibility index (Phi) is 5.66. The van der Waals surface area contributed by atoms with Gasteiger partial charge in [0, 0.05) is 45.4 Å². The van der Waals surface area contributed by atoms with E-state index in [1.54, 1.807) is 19.2 Å². The van der Waals surface area contributed by atoms with Crippen molar-refractivity contribution >= 4 is 5.82 Å². The summed E-state index contributed by atoms with van der Waals surface area (Å²) in [7, 11) is 3.72. The van der Waals surface area contributed by atoms with Crippen molar-refractivity contribution < 1.29 is 9.13 Å². The van der Waals surface area contributed by atoms with Crippen LogP contribution in [-0.2, 0) is 16.7 Å². The molecule has 25 heavy (non-hydrogen) atoms. The van der Waals surface area contributed by atoms with Crippen molar-refractivity contribution in [3.63, 3.8) is 0 Å². The zero-order valence-electron chi connectivity index (χ0n) is 15.0. The predicted molar refractivity (Wildman–Crippen MR) is 98.4 cm³/mol. The van der Waals surface area contributed by atoms with E-state index in [-0.39, 0.29) is 11.2 Å². The lowest BCUT2D eigenvalue weighted by Gasteiger charge is -2.18. The number of rotatable bonds is 9. The molecule has 0 amide bonds. The van der Waals surface area contributed by atoms with E-state index in [4.69, 9.17) is 4.74 Å². The summed E-state index contributed by atoms with van der Waals surface area (Å²) in [4.78, 5) is 6.60. The Bertz CT molecular complexity index is 668. The van der Waals surface area contributed by atoms with Gasteiger partial charge in [-0.05, 0) is 42.2 Å². The van der Waals surface area contributed by atoms with Crippen molar-refractivity contribution in [2.75, 3.05) is 38.8 Å². The number of benzene rings is 1. The molecule has 1 fully saturated rings. The van der Waals surface area contributed by atoms with E-state index >= 15 is 0 Å². The maximum Gasteiger partial charge on any atom is 0.128 e. The third-order valence-corrected chi connectivity index (χ3v) is 4.93. The second kappa shape index (κ2) is 7.93. The average molecular weight is 343 g/mol. The zero-order chi connectivity index (χ0) is 17.7. The van der Waals surface area contributed by atoms with Gasteiger partial charge in [-0.2, -0.15) is 0 Å². The molecule has 0 radical (unpaired) electrons. The van der Waals surface area contributed by atoms with Gasteiger partial charge in [-0.15, -0.1) is 0 Å². The molecular weight excluding hydrogens is 317 g/mol. The van der Waals surface area contributed by atoms with Gasteiger partial charge < -0.3 is 15.0 Å². The van der Waals surface area contributed by atoms with Crippen molar-refractivity contribution in [3.05, 3.63) is 59.5 Å². The highest BCUT2D eigenvalue weighted by Gasteiger charge is 2.43. The zero-order valence-corrected chi connectivity index (χ0v) is 15.0. The minimum absolute atomic E-state index is 0.172. The van der Waals surface area contributed by atoms with Crippen LogP contribution in [0.3, 0.4) is 0 Å². The fraction of sp³-hybridized carbons (Fsp3) is 0.450. The summed E-state index contributed by atoms with van der Waals surface area (Å²) >= 11 is 0. The molecule has 1 heterocycles. The molecule has 1 N–H and O–H groups in total. The van der Waals surface area contributed by atoms with E-state index in [0.29, 0.717) is 6.61 Å². The van der Waals surface area contributed by atoms with E-state index in [0.717, 1.165) is 38.3 Å². The fourth-order valence-electron chi connectivity index (χ4n) is 3.06. The molecule has 5 heteroatoms. The second-order valence-corrected chi connectivity index (χ2v) is 6.83. The van der Waals surface area contributed by atoms with Crippen molar-refractivity contribution in [3.8, 4) is 0 Å². The minimum atomic E-state index is -0.172. The van der Waals surface area contributed by atoms with Crippen LogP contribution in [0.1, 0.15) is 24.0 Å². The van der Waals surface area contributed by atoms with Crippen LogP contribution in [0.4, 0.5) is 10.2 Å². The molecule has 0 bridgehead atoms. The first-order chi connectivity index (χ1) is 12.1. The van der Waals surface area contributed by atoms with Gasteiger partial charge in [0.15, 0.2) is 0 Å². The molecule has 4 nitrogen and oxygen atoms in total. The summed E-state index contributed by atoms with van der Waals surface area (Å²) < 4.78 is 18.2. The molecule has 1 aromatic carbocycles. The van der Waals surface area contributed by atoms with Gasteiger partial charge in [0.25, 0.3) is 0 Å². The Balaban J connectivity index is 1.50. The number of anilines is 1. The number of ether oxygens (including phenoxy) is 1. The number of pyridine rings is 1. The van der Waals surface area contributed by atoms with Gasteiger partial charge in [0.2, 0.25) is 0 Å². The normalized spacial score (nSPS) is 15.2. The van der Waals surface area contributed by atoms with E-state index < -0.39 is 0 Å². The monoisotopic (exact) mass is 343 g/mol. The molecule has 2 aromatic rings. The van der Waals surface area contributed by atoms with Crippen LogP contribution in [0.25, 0.3) is 0 Å². The van der Waals surface area contributed by atoms with Crippen LogP contribution in [0.2, 0.25) is 0 Å². The molecule has 1 aliphatic rings. The van der Waals surface area contributed by atoms with Crippen LogP contribution in [-0.4, -0.2) is 38.8 Å². The van der Waals surface area contributed by atoms with Crippen molar-refractivity contribution in [2.45, 2.75) is 24.8 Å². The Morgan fingerprint density at radius 1 is 1.20 bits per heavy atom. The van der Waals surface area contributed by atoms with Gasteiger partial charge in [0.05, 0.1) is 6.61 Å². The quantitative estimate of drug-likeness (QED) is 0.759. The summed E-state index contributed by atoms with van der Waals surface area (Å²) in [6.07, 6.45) is 4.24. The summed E-state index contributed by atoms with van der Waals surface area (Å²) in [6.45, 7) is 3.21. The van der Waals surface area contributed by atoms with E-state index in [1.807, 2.05) is 31.4 Å². The maximum absolute atomic E-state index is 13.1. The highest BCUT2D eigenvalue weighted by atomic mass is 19.1. The van der Waals surface area contributed by atoms with Crippen LogP contribution >= 0.6 is 0 Å². The molecule has 134 valence electrons. The first-order valence-electron chi connectivity index (χ1n) is 8.75. The van der Waals surface area contributed by atoms with Gasteiger partial charge in [-0.3, -0.25) is 0 Å². The first-order valence-corrected chi connectivity index (χ1v) is 8.75. The Morgan fingerprint density at radius 2 is 1.96 bits per heavy atom. The molecule has 0 spiro atoms. The molecule has 0 unspecified atom stereocenters. The predicted octanol–water partition coefficient (Wildman–Crippen LogP) is 3.12. The molecule has 0 aliphatic heterocycles. The third-order valence-electron chi connectivity index (χ3n) is 4.93. The molecule has 0 atom stereocenters. The van der Waals surface area contributed by atoms with Gasteiger partial charge in [-0.25, -0.2) is 9.37 Å². The number of aromatic nitrogens is 1. The van der Waals surface area contributed by atoms with E-state index in [2.05, 4.69) is 21.3 Å². The fourth-order valence-corrected chi connectivity index (χ4v) is 3.06. The summed E-state index contributed by atoms with van der Waals surface area (Å²) in [5.74, 6) is 0.778. The number of likely N-dealkylation sites (N-methyl/N-ethyl adjacent to an activating group) is 1. The van der Waals surface area contributed by atoms with Crippen LogP contribution in [0, 0.1) is 5.82 Å². The lowest BCUT2D eigenvalue weighted by Crippen LogP contribution is -2.27.